The van der Waals surface area contributed by atoms with Crippen LogP contribution in [0.5, 0.6) is 0 Å². The summed E-state index contributed by atoms with van der Waals surface area (Å²) >= 11 is 0. The Balaban J connectivity index is 2.11. The van der Waals surface area contributed by atoms with Gasteiger partial charge in [0.1, 0.15) is 0 Å². The second-order valence-electron chi connectivity index (χ2n) is 5.48. The molecule has 4 heteroatoms. The van der Waals surface area contributed by atoms with Crippen LogP contribution in [0.15, 0.2) is 24.3 Å². The summed E-state index contributed by atoms with van der Waals surface area (Å²) in [6.07, 6.45) is 4.52. The average Bonchev–Trinajstić information content (AvgIpc) is 2.90. The number of carbonyl (C=O) groups is 1. The molecule has 4 nitrogen and oxygen atoms in total. The molecule has 2 aromatic rings. The van der Waals surface area contributed by atoms with Crippen molar-refractivity contribution in [2.75, 3.05) is 14.1 Å². The van der Waals surface area contributed by atoms with Crippen molar-refractivity contribution >= 4 is 5.91 Å². The zero-order chi connectivity index (χ0) is 14.1. The van der Waals surface area contributed by atoms with E-state index >= 15 is 0 Å². The molecule has 1 aliphatic rings. The zero-order valence-corrected chi connectivity index (χ0v) is 11.9. The maximum atomic E-state index is 12.3. The number of nitrogens with one attached hydrogen (secondary N) is 1. The van der Waals surface area contributed by atoms with E-state index in [0.717, 1.165) is 29.7 Å². The summed E-state index contributed by atoms with van der Waals surface area (Å²) in [6.45, 7) is 0. The van der Waals surface area contributed by atoms with Gasteiger partial charge in [0.25, 0.3) is 5.91 Å². The standard InChI is InChI=1S/C16H19N3O/c1-19(2)16(20)12-8-4-3-7-11(12)15-13-9-5-6-10-14(13)17-18-15/h3-4,7-8H,5-6,9-10H2,1-2H3,(H,17,18). The molecule has 0 unspecified atom stereocenters. The Labute approximate surface area is 118 Å². The van der Waals surface area contributed by atoms with E-state index in [-0.39, 0.29) is 5.91 Å². The summed E-state index contributed by atoms with van der Waals surface area (Å²) in [7, 11) is 3.55. The summed E-state index contributed by atoms with van der Waals surface area (Å²) in [5, 5.41) is 7.62. The lowest BCUT2D eigenvalue weighted by molar-refractivity contribution is 0.0828. The number of fused-ring (bicyclic) bond motifs is 1. The third-order valence-electron chi connectivity index (χ3n) is 3.88. The molecular weight excluding hydrogens is 250 g/mol. The van der Waals surface area contributed by atoms with Gasteiger partial charge in [-0.1, -0.05) is 18.2 Å². The number of hydrogen-bond acceptors (Lipinski definition) is 2. The van der Waals surface area contributed by atoms with Crippen LogP contribution in [0.4, 0.5) is 0 Å². The monoisotopic (exact) mass is 269 g/mol. The minimum Gasteiger partial charge on any atom is -0.345 e. The van der Waals surface area contributed by atoms with E-state index in [1.54, 1.807) is 19.0 Å². The quantitative estimate of drug-likeness (QED) is 0.911. The molecule has 0 saturated heterocycles. The number of H-pyrrole nitrogens is 1. The first-order chi connectivity index (χ1) is 9.68. The number of aromatic amines is 1. The van der Waals surface area contributed by atoms with Crippen LogP contribution in [0.2, 0.25) is 0 Å². The van der Waals surface area contributed by atoms with Gasteiger partial charge < -0.3 is 4.90 Å². The Hall–Kier alpha value is -2.10. The molecule has 1 aromatic carbocycles. The molecule has 20 heavy (non-hydrogen) atoms. The number of aryl methyl sites for hydroxylation is 1. The number of nitrogens with zero attached hydrogens (tertiary/aromatic N) is 2. The second kappa shape index (κ2) is 5.12. The highest BCUT2D eigenvalue weighted by molar-refractivity contribution is 6.00. The van der Waals surface area contributed by atoms with Gasteiger partial charge in [-0.05, 0) is 31.7 Å². The predicted octanol–water partition coefficient (Wildman–Crippen LogP) is 2.66. The molecular formula is C16H19N3O. The fourth-order valence-corrected chi connectivity index (χ4v) is 2.82. The molecule has 1 aromatic heterocycles. The SMILES string of the molecule is CN(C)C(=O)c1ccccc1-c1n[nH]c2c1CCCC2. The molecule has 0 atom stereocenters. The molecule has 104 valence electrons. The van der Waals surface area contributed by atoms with Gasteiger partial charge in [-0.15, -0.1) is 0 Å². The lowest BCUT2D eigenvalue weighted by Crippen LogP contribution is -2.22. The van der Waals surface area contributed by atoms with Gasteiger partial charge in [-0.25, -0.2) is 0 Å². The zero-order valence-electron chi connectivity index (χ0n) is 11.9. The Morgan fingerprint density at radius 3 is 2.75 bits per heavy atom. The van der Waals surface area contributed by atoms with E-state index in [1.165, 1.54) is 24.1 Å². The van der Waals surface area contributed by atoms with Crippen molar-refractivity contribution < 1.29 is 4.79 Å². The van der Waals surface area contributed by atoms with Crippen molar-refractivity contribution in [2.45, 2.75) is 25.7 Å². The van der Waals surface area contributed by atoms with Crippen molar-refractivity contribution in [3.63, 3.8) is 0 Å². The van der Waals surface area contributed by atoms with Gasteiger partial charge in [0.15, 0.2) is 0 Å². The molecule has 1 N–H and O–H groups in total. The van der Waals surface area contributed by atoms with Crippen molar-refractivity contribution in [1.82, 2.24) is 15.1 Å². The maximum Gasteiger partial charge on any atom is 0.254 e. The molecule has 1 aliphatic carbocycles. The van der Waals surface area contributed by atoms with E-state index in [1.807, 2.05) is 24.3 Å². The fraction of sp³-hybridized carbons (Fsp3) is 0.375. The van der Waals surface area contributed by atoms with Crippen LogP contribution in [0, 0.1) is 0 Å². The van der Waals surface area contributed by atoms with E-state index in [2.05, 4.69) is 10.2 Å². The van der Waals surface area contributed by atoms with E-state index in [4.69, 9.17) is 0 Å². The number of amides is 1. The van der Waals surface area contributed by atoms with Crippen LogP contribution >= 0.6 is 0 Å². The lowest BCUT2D eigenvalue weighted by atomic mass is 9.92. The number of benzene rings is 1. The molecule has 1 heterocycles. The van der Waals surface area contributed by atoms with Crippen LogP contribution in [-0.2, 0) is 12.8 Å². The van der Waals surface area contributed by atoms with E-state index in [9.17, 15) is 4.79 Å². The third kappa shape index (κ3) is 2.11. The minimum atomic E-state index is 0.0214. The van der Waals surface area contributed by atoms with Gasteiger partial charge in [0.05, 0.1) is 5.69 Å². The Kier molecular flexibility index (Phi) is 3.30. The molecule has 0 fully saturated rings. The molecule has 0 saturated carbocycles. The van der Waals surface area contributed by atoms with Crippen LogP contribution in [-0.4, -0.2) is 35.1 Å². The summed E-state index contributed by atoms with van der Waals surface area (Å²) in [4.78, 5) is 13.9. The summed E-state index contributed by atoms with van der Waals surface area (Å²) in [6, 6.07) is 7.73. The molecule has 1 amide bonds. The topological polar surface area (TPSA) is 49.0 Å². The summed E-state index contributed by atoms with van der Waals surface area (Å²) in [5.74, 6) is 0.0214. The highest BCUT2D eigenvalue weighted by Gasteiger charge is 2.22. The van der Waals surface area contributed by atoms with Crippen molar-refractivity contribution in [1.29, 1.82) is 0 Å². The van der Waals surface area contributed by atoms with Gasteiger partial charge >= 0.3 is 0 Å². The number of aromatic nitrogens is 2. The average molecular weight is 269 g/mol. The predicted molar refractivity (Wildman–Crippen MR) is 78.7 cm³/mol. The number of carbonyl (C=O) groups excluding carboxylic acids is 1. The van der Waals surface area contributed by atoms with Crippen LogP contribution in [0.1, 0.15) is 34.5 Å². The highest BCUT2D eigenvalue weighted by atomic mass is 16.2. The Bertz CT molecular complexity index is 643. The van der Waals surface area contributed by atoms with Crippen LogP contribution in [0.25, 0.3) is 11.3 Å². The Morgan fingerprint density at radius 2 is 1.95 bits per heavy atom. The molecule has 3 rings (SSSR count). The first kappa shape index (κ1) is 12.9. The van der Waals surface area contributed by atoms with Gasteiger partial charge in [-0.2, -0.15) is 5.10 Å². The van der Waals surface area contributed by atoms with E-state index < -0.39 is 0 Å². The smallest absolute Gasteiger partial charge is 0.254 e. The molecule has 0 radical (unpaired) electrons. The largest absolute Gasteiger partial charge is 0.345 e. The Morgan fingerprint density at radius 1 is 1.20 bits per heavy atom. The summed E-state index contributed by atoms with van der Waals surface area (Å²) in [5.41, 5.74) is 5.13. The fourth-order valence-electron chi connectivity index (χ4n) is 2.82. The van der Waals surface area contributed by atoms with Gasteiger partial charge in [0.2, 0.25) is 0 Å². The first-order valence-electron chi connectivity index (χ1n) is 7.05. The van der Waals surface area contributed by atoms with Gasteiger partial charge in [0, 0.05) is 36.5 Å². The lowest BCUT2D eigenvalue weighted by Gasteiger charge is -2.15. The molecule has 0 spiro atoms. The number of hydrogen-bond donors (Lipinski definition) is 1. The molecule has 0 bridgehead atoms. The highest BCUT2D eigenvalue weighted by Crippen LogP contribution is 2.31. The van der Waals surface area contributed by atoms with Gasteiger partial charge in [-0.3, -0.25) is 9.89 Å². The first-order valence-corrected chi connectivity index (χ1v) is 7.05. The molecule has 0 aliphatic heterocycles. The van der Waals surface area contributed by atoms with Crippen LogP contribution in [0.3, 0.4) is 0 Å². The maximum absolute atomic E-state index is 12.3. The third-order valence-corrected chi connectivity index (χ3v) is 3.88. The van der Waals surface area contributed by atoms with Crippen molar-refractivity contribution in [3.05, 3.63) is 41.1 Å². The van der Waals surface area contributed by atoms with E-state index in [0.29, 0.717) is 0 Å². The number of rotatable bonds is 2. The van der Waals surface area contributed by atoms with Crippen molar-refractivity contribution in [2.24, 2.45) is 0 Å². The van der Waals surface area contributed by atoms with Crippen LogP contribution < -0.4 is 0 Å². The normalized spacial score (nSPS) is 13.9. The summed E-state index contributed by atoms with van der Waals surface area (Å²) < 4.78 is 0. The van der Waals surface area contributed by atoms with Crippen molar-refractivity contribution in [3.8, 4) is 11.3 Å². The minimum absolute atomic E-state index is 0.0214. The second-order valence-corrected chi connectivity index (χ2v) is 5.48.